The molecule has 1 aromatic carbocycles. The number of ether oxygens (including phenoxy) is 1. The maximum Gasteiger partial charge on any atom is 0.306 e. The summed E-state index contributed by atoms with van der Waals surface area (Å²) in [6.45, 7) is 3.57. The Hall–Kier alpha value is -2.76. The van der Waals surface area contributed by atoms with Gasteiger partial charge in [0.15, 0.2) is 0 Å². The lowest BCUT2D eigenvalue weighted by Crippen LogP contribution is -2.21. The number of pyridine rings is 1. The van der Waals surface area contributed by atoms with E-state index < -0.39 is 17.4 Å². The monoisotopic (exact) mass is 317 g/mol. The highest BCUT2D eigenvalue weighted by Gasteiger charge is 2.25. The number of aryl methyl sites for hydroxylation is 1. The van der Waals surface area contributed by atoms with Crippen molar-refractivity contribution in [3.8, 4) is 11.5 Å². The number of nitrogens with one attached hydrogen (secondary N) is 1. The molecule has 0 aliphatic heterocycles. The number of phenolic OH excluding ortho intramolecular Hbond substituents is 1. The molecule has 6 nitrogen and oxygen atoms in total. The molecule has 2 rings (SSSR count). The number of hydrogen-bond acceptors (Lipinski definition) is 5. The third kappa shape index (κ3) is 3.91. The van der Waals surface area contributed by atoms with Gasteiger partial charge < -0.3 is 19.9 Å². The zero-order chi connectivity index (χ0) is 17.0. The zero-order valence-corrected chi connectivity index (χ0v) is 13.0. The largest absolute Gasteiger partial charge is 0.508 e. The first-order chi connectivity index (χ1) is 10.9. The quantitative estimate of drug-likeness (QED) is 0.734. The summed E-state index contributed by atoms with van der Waals surface area (Å²) in [5.41, 5.74) is 0.666. The van der Waals surface area contributed by atoms with Crippen LogP contribution in [0, 0.1) is 6.92 Å². The Balaban J connectivity index is 2.54. The van der Waals surface area contributed by atoms with Gasteiger partial charge in [0.25, 0.3) is 5.56 Å². The lowest BCUT2D eigenvalue weighted by Gasteiger charge is -2.18. The van der Waals surface area contributed by atoms with Crippen molar-refractivity contribution in [3.63, 3.8) is 0 Å². The van der Waals surface area contributed by atoms with E-state index >= 15 is 0 Å². The molecule has 1 heterocycles. The number of aromatic amines is 1. The number of carbonyl (C=O) groups is 1. The third-order valence-corrected chi connectivity index (χ3v) is 3.48. The Kier molecular flexibility index (Phi) is 5.05. The number of benzene rings is 1. The molecule has 0 fully saturated rings. The van der Waals surface area contributed by atoms with Crippen LogP contribution in [0.5, 0.6) is 11.5 Å². The fraction of sp³-hybridized carbons (Fsp3) is 0.294. The number of carbonyl (C=O) groups excluding carboxylic acids is 1. The van der Waals surface area contributed by atoms with E-state index in [1.54, 1.807) is 26.0 Å². The molecule has 23 heavy (non-hydrogen) atoms. The van der Waals surface area contributed by atoms with E-state index in [9.17, 15) is 19.8 Å². The number of esters is 1. The Labute approximate surface area is 133 Å². The molecule has 0 spiro atoms. The molecule has 1 aromatic heterocycles. The van der Waals surface area contributed by atoms with Crippen LogP contribution in [0.25, 0.3) is 0 Å². The summed E-state index contributed by atoms with van der Waals surface area (Å²) in [5, 5.41) is 19.8. The molecule has 0 amide bonds. The van der Waals surface area contributed by atoms with Crippen LogP contribution in [-0.4, -0.2) is 27.8 Å². The van der Waals surface area contributed by atoms with E-state index in [-0.39, 0.29) is 30.1 Å². The minimum atomic E-state index is -0.717. The first kappa shape index (κ1) is 16.6. The number of hydrogen-bond donors (Lipinski definition) is 3. The average molecular weight is 317 g/mol. The Morgan fingerprint density at radius 3 is 2.65 bits per heavy atom. The zero-order valence-electron chi connectivity index (χ0n) is 13.0. The highest BCUT2D eigenvalue weighted by Crippen LogP contribution is 2.33. The third-order valence-electron chi connectivity index (χ3n) is 3.48. The minimum absolute atomic E-state index is 0.0133. The van der Waals surface area contributed by atoms with Crippen LogP contribution in [-0.2, 0) is 9.53 Å². The van der Waals surface area contributed by atoms with Gasteiger partial charge in [0.2, 0.25) is 0 Å². The maximum atomic E-state index is 12.3. The van der Waals surface area contributed by atoms with Crippen molar-refractivity contribution >= 4 is 5.97 Å². The first-order valence-corrected chi connectivity index (χ1v) is 7.29. The van der Waals surface area contributed by atoms with Crippen LogP contribution in [0.1, 0.15) is 36.1 Å². The van der Waals surface area contributed by atoms with Gasteiger partial charge in [0, 0.05) is 11.6 Å². The number of rotatable bonds is 5. The van der Waals surface area contributed by atoms with E-state index in [0.717, 1.165) is 0 Å². The van der Waals surface area contributed by atoms with Gasteiger partial charge in [0.05, 0.1) is 18.6 Å². The van der Waals surface area contributed by atoms with Gasteiger partial charge in [-0.2, -0.15) is 0 Å². The Bertz CT molecular complexity index is 766. The standard InChI is InChI=1S/C17H19NO5/c1-3-23-15(21)9-13(11-5-4-6-12(19)8-11)16-14(20)7-10(2)18-17(16)22/h4-8,13,19H,3,9H2,1-2H3,(H2,18,20,22). The molecule has 0 saturated carbocycles. The van der Waals surface area contributed by atoms with Gasteiger partial charge in [-0.05, 0) is 37.6 Å². The van der Waals surface area contributed by atoms with Crippen LogP contribution in [0.4, 0.5) is 0 Å². The SMILES string of the molecule is CCOC(=O)CC(c1cccc(O)c1)c1c(O)cc(C)[nH]c1=O. The van der Waals surface area contributed by atoms with Crippen molar-refractivity contribution in [2.75, 3.05) is 6.61 Å². The maximum absolute atomic E-state index is 12.3. The van der Waals surface area contributed by atoms with Crippen molar-refractivity contribution in [1.29, 1.82) is 0 Å². The van der Waals surface area contributed by atoms with Gasteiger partial charge in [-0.3, -0.25) is 9.59 Å². The molecule has 0 saturated heterocycles. The fourth-order valence-corrected chi connectivity index (χ4v) is 2.53. The molecule has 0 bridgehead atoms. The summed E-state index contributed by atoms with van der Waals surface area (Å²) in [4.78, 5) is 26.8. The summed E-state index contributed by atoms with van der Waals surface area (Å²) >= 11 is 0. The van der Waals surface area contributed by atoms with E-state index in [4.69, 9.17) is 4.74 Å². The molecular weight excluding hydrogens is 298 g/mol. The van der Waals surface area contributed by atoms with E-state index in [1.807, 2.05) is 0 Å². The van der Waals surface area contributed by atoms with Crippen molar-refractivity contribution in [2.45, 2.75) is 26.2 Å². The molecule has 1 atom stereocenters. The summed E-state index contributed by atoms with van der Waals surface area (Å²) in [6.07, 6.45) is -0.114. The molecule has 1 unspecified atom stereocenters. The van der Waals surface area contributed by atoms with Crippen molar-refractivity contribution in [1.82, 2.24) is 4.98 Å². The van der Waals surface area contributed by atoms with Gasteiger partial charge >= 0.3 is 5.97 Å². The lowest BCUT2D eigenvalue weighted by atomic mass is 9.88. The predicted octanol–water partition coefficient (Wildman–Crippen LogP) is 2.18. The number of aromatic hydroxyl groups is 2. The van der Waals surface area contributed by atoms with Gasteiger partial charge in [-0.1, -0.05) is 12.1 Å². The van der Waals surface area contributed by atoms with E-state index in [0.29, 0.717) is 11.3 Å². The van der Waals surface area contributed by atoms with Crippen LogP contribution < -0.4 is 5.56 Å². The molecule has 3 N–H and O–H groups in total. The van der Waals surface area contributed by atoms with Crippen LogP contribution in [0.15, 0.2) is 35.1 Å². The highest BCUT2D eigenvalue weighted by molar-refractivity contribution is 5.71. The summed E-state index contributed by atoms with van der Waals surface area (Å²) in [5.74, 6) is -1.38. The normalized spacial score (nSPS) is 11.9. The predicted molar refractivity (Wildman–Crippen MR) is 84.7 cm³/mol. The van der Waals surface area contributed by atoms with Gasteiger partial charge in [0.1, 0.15) is 11.5 Å². The first-order valence-electron chi connectivity index (χ1n) is 7.29. The Morgan fingerprint density at radius 1 is 1.30 bits per heavy atom. The van der Waals surface area contributed by atoms with Crippen molar-refractivity contribution in [2.24, 2.45) is 0 Å². The number of aromatic nitrogens is 1. The van der Waals surface area contributed by atoms with Crippen molar-refractivity contribution in [3.05, 3.63) is 57.5 Å². The summed E-state index contributed by atoms with van der Waals surface area (Å²) < 4.78 is 4.95. The average Bonchev–Trinajstić information content (AvgIpc) is 2.45. The molecular formula is C17H19NO5. The second kappa shape index (κ2) is 7.00. The van der Waals surface area contributed by atoms with E-state index in [2.05, 4.69) is 4.98 Å². The number of phenols is 1. The minimum Gasteiger partial charge on any atom is -0.508 e. The molecule has 2 aromatic rings. The molecule has 0 radical (unpaired) electrons. The van der Waals surface area contributed by atoms with Gasteiger partial charge in [-0.15, -0.1) is 0 Å². The van der Waals surface area contributed by atoms with Gasteiger partial charge in [-0.25, -0.2) is 0 Å². The smallest absolute Gasteiger partial charge is 0.306 e. The summed E-state index contributed by atoms with van der Waals surface area (Å²) in [7, 11) is 0. The Morgan fingerprint density at radius 2 is 2.04 bits per heavy atom. The van der Waals surface area contributed by atoms with E-state index in [1.165, 1.54) is 18.2 Å². The second-order valence-electron chi connectivity index (χ2n) is 5.24. The molecule has 0 aliphatic rings. The van der Waals surface area contributed by atoms with Crippen LogP contribution in [0.3, 0.4) is 0 Å². The number of H-pyrrole nitrogens is 1. The summed E-state index contributed by atoms with van der Waals surface area (Å²) in [6, 6.07) is 7.68. The van der Waals surface area contributed by atoms with Crippen LogP contribution >= 0.6 is 0 Å². The lowest BCUT2D eigenvalue weighted by molar-refractivity contribution is -0.143. The molecule has 122 valence electrons. The highest BCUT2D eigenvalue weighted by atomic mass is 16.5. The van der Waals surface area contributed by atoms with Crippen LogP contribution in [0.2, 0.25) is 0 Å². The fourth-order valence-electron chi connectivity index (χ4n) is 2.53. The van der Waals surface area contributed by atoms with Crippen molar-refractivity contribution < 1.29 is 19.7 Å². The second-order valence-corrected chi connectivity index (χ2v) is 5.24. The molecule has 0 aliphatic carbocycles. The molecule has 6 heteroatoms. The topological polar surface area (TPSA) is 99.6 Å².